The van der Waals surface area contributed by atoms with Crippen LogP contribution in [0.15, 0.2) is 42.0 Å². The molecule has 1 aliphatic carbocycles. The van der Waals surface area contributed by atoms with Crippen molar-refractivity contribution in [3.63, 3.8) is 0 Å². The van der Waals surface area contributed by atoms with Crippen LogP contribution in [0.1, 0.15) is 89.3 Å². The Morgan fingerprint density at radius 2 is 1.82 bits per heavy atom. The molecule has 2 aromatic carbocycles. The summed E-state index contributed by atoms with van der Waals surface area (Å²) in [6.45, 7) is 12.8. The molecule has 5 nitrogen and oxygen atoms in total. The van der Waals surface area contributed by atoms with Crippen LogP contribution in [0.5, 0.6) is 11.5 Å². The van der Waals surface area contributed by atoms with E-state index in [2.05, 4.69) is 38.7 Å². The molecule has 2 heterocycles. The van der Waals surface area contributed by atoms with Gasteiger partial charge in [0.05, 0.1) is 18.8 Å². The zero-order valence-corrected chi connectivity index (χ0v) is 25.1. The number of rotatable bonds is 9. The second-order valence-electron chi connectivity index (χ2n) is 11.9. The van der Waals surface area contributed by atoms with Crippen molar-refractivity contribution in [2.24, 2.45) is 0 Å². The van der Waals surface area contributed by atoms with Gasteiger partial charge in [0.2, 0.25) is 0 Å². The molecular weight excluding hydrogens is 529 g/mol. The fourth-order valence-corrected chi connectivity index (χ4v) is 6.61. The van der Waals surface area contributed by atoms with E-state index in [4.69, 9.17) is 14.2 Å². The summed E-state index contributed by atoms with van der Waals surface area (Å²) < 4.78 is 32.1. The van der Waals surface area contributed by atoms with E-state index in [1.54, 1.807) is 0 Å². The summed E-state index contributed by atoms with van der Waals surface area (Å²) in [5.41, 5.74) is 4.75. The zero-order valence-electron chi connectivity index (χ0n) is 24.3. The number of esters is 1. The smallest absolute Gasteiger partial charge is 0.311 e. The summed E-state index contributed by atoms with van der Waals surface area (Å²) in [5, 5.41) is 0. The van der Waals surface area contributed by atoms with Gasteiger partial charge in [0, 0.05) is 24.9 Å². The van der Waals surface area contributed by atoms with Crippen LogP contribution in [0.3, 0.4) is 0 Å². The van der Waals surface area contributed by atoms with Gasteiger partial charge < -0.3 is 14.2 Å². The van der Waals surface area contributed by atoms with Crippen LogP contribution in [0, 0.1) is 5.82 Å². The molecule has 40 heavy (non-hydrogen) atoms. The topological polar surface area (TPSA) is 48.0 Å². The van der Waals surface area contributed by atoms with E-state index in [-0.39, 0.29) is 24.2 Å². The molecule has 1 fully saturated rings. The molecule has 218 valence electrons. The Balaban J connectivity index is 0.00000370. The molecule has 0 N–H and O–H groups in total. The molecule has 7 heteroatoms. The number of ether oxygens (including phenoxy) is 3. The summed E-state index contributed by atoms with van der Waals surface area (Å²) >= 11 is 0. The summed E-state index contributed by atoms with van der Waals surface area (Å²) in [6.07, 6.45) is 5.96. The maximum absolute atomic E-state index is 13.8. The maximum atomic E-state index is 13.8. The highest BCUT2D eigenvalue weighted by Crippen LogP contribution is 2.53. The number of carbonyl (C=O) groups is 1. The van der Waals surface area contributed by atoms with E-state index < -0.39 is 11.0 Å². The van der Waals surface area contributed by atoms with Gasteiger partial charge in [-0.15, -0.1) is 12.4 Å². The molecule has 5 rings (SSSR count). The van der Waals surface area contributed by atoms with E-state index in [1.165, 1.54) is 23.3 Å². The lowest BCUT2D eigenvalue weighted by atomic mass is 9.72. The fourth-order valence-electron chi connectivity index (χ4n) is 6.61. The Hall–Kier alpha value is -2.41. The van der Waals surface area contributed by atoms with E-state index >= 15 is 0 Å². The van der Waals surface area contributed by atoms with Crippen LogP contribution < -0.4 is 9.47 Å². The predicted octanol–water partition coefficient (Wildman–Crippen LogP) is 7.48. The number of benzene rings is 2. The van der Waals surface area contributed by atoms with Crippen molar-refractivity contribution in [1.29, 1.82) is 0 Å². The third-order valence-corrected chi connectivity index (χ3v) is 8.73. The third kappa shape index (κ3) is 6.24. The van der Waals surface area contributed by atoms with E-state index in [0.29, 0.717) is 12.2 Å². The minimum atomic E-state index is -0.409. The first-order valence-corrected chi connectivity index (χ1v) is 14.6. The summed E-state index contributed by atoms with van der Waals surface area (Å²) in [4.78, 5) is 15.5. The Morgan fingerprint density at radius 1 is 1.10 bits per heavy atom. The number of halogens is 2. The zero-order chi connectivity index (χ0) is 27.6. The highest BCUT2D eigenvalue weighted by molar-refractivity contribution is 5.85. The Kier molecular flexibility index (Phi) is 9.64. The molecule has 0 bridgehead atoms. The van der Waals surface area contributed by atoms with Crippen molar-refractivity contribution in [2.75, 3.05) is 32.8 Å². The van der Waals surface area contributed by atoms with Crippen molar-refractivity contribution >= 4 is 23.9 Å². The monoisotopic (exact) mass is 571 g/mol. The lowest BCUT2D eigenvalue weighted by Crippen LogP contribution is -2.37. The van der Waals surface area contributed by atoms with Gasteiger partial charge in [-0.05, 0) is 99.0 Å². The average Bonchev–Trinajstić information content (AvgIpc) is 3.40. The number of nitrogens with zero attached hydrogens (tertiary/aromatic N) is 1. The second-order valence-corrected chi connectivity index (χ2v) is 11.9. The minimum absolute atomic E-state index is 0. The van der Waals surface area contributed by atoms with Crippen LogP contribution in [0.4, 0.5) is 4.39 Å². The van der Waals surface area contributed by atoms with E-state index in [0.717, 1.165) is 93.8 Å². The van der Waals surface area contributed by atoms with Crippen molar-refractivity contribution < 1.29 is 23.4 Å². The first-order chi connectivity index (χ1) is 18.7. The van der Waals surface area contributed by atoms with Crippen molar-refractivity contribution in [2.45, 2.75) is 83.7 Å². The number of carbonyl (C=O) groups excluding carboxylic acids is 1. The SMILES string of the molecule is CCCC(C)(c1ccc(F)cc1)c1cc(OC(=O)CCCN2CCOCC2)c2c(c1)OC(C)(C)C1=C2CCC1.Cl. The molecule has 2 aromatic rings. The number of allylic oxidation sites excluding steroid dienone is 1. The van der Waals surface area contributed by atoms with Gasteiger partial charge in [-0.1, -0.05) is 32.4 Å². The van der Waals surface area contributed by atoms with Crippen LogP contribution in [-0.4, -0.2) is 49.3 Å². The predicted molar refractivity (Wildman–Crippen MR) is 159 cm³/mol. The molecule has 0 saturated carbocycles. The van der Waals surface area contributed by atoms with Gasteiger partial charge in [0.25, 0.3) is 0 Å². The van der Waals surface area contributed by atoms with Crippen LogP contribution >= 0.6 is 12.4 Å². The maximum Gasteiger partial charge on any atom is 0.311 e. The van der Waals surface area contributed by atoms with Gasteiger partial charge in [-0.25, -0.2) is 4.39 Å². The number of fused-ring (bicyclic) bond motifs is 2. The van der Waals surface area contributed by atoms with Crippen LogP contribution in [-0.2, 0) is 14.9 Å². The first-order valence-electron chi connectivity index (χ1n) is 14.6. The van der Waals surface area contributed by atoms with Gasteiger partial charge in [0.15, 0.2) is 0 Å². The molecule has 0 radical (unpaired) electrons. The Labute approximate surface area is 244 Å². The summed E-state index contributed by atoms with van der Waals surface area (Å²) in [5.74, 6) is 0.902. The average molecular weight is 572 g/mol. The lowest BCUT2D eigenvalue weighted by molar-refractivity contribution is -0.134. The number of morpholine rings is 1. The standard InChI is InChI=1S/C33H42FNO4.ClH/c1-5-15-33(4,23-11-13-25(34)14-12-23)24-21-28(38-30(36)10-7-16-35-17-19-37-20-18-35)31-26-8-6-9-27(26)32(2,3)39-29(31)22-24;/h11-14,21-22H,5-10,15-20H2,1-4H3;1H. The van der Waals surface area contributed by atoms with Crippen molar-refractivity contribution in [3.8, 4) is 11.5 Å². The second kappa shape index (κ2) is 12.6. The lowest BCUT2D eigenvalue weighted by Gasteiger charge is -2.38. The molecule has 0 aromatic heterocycles. The normalized spacial score (nSPS) is 19.6. The number of hydrogen-bond acceptors (Lipinski definition) is 5. The van der Waals surface area contributed by atoms with Crippen LogP contribution in [0.2, 0.25) is 0 Å². The quantitative estimate of drug-likeness (QED) is 0.231. The third-order valence-electron chi connectivity index (χ3n) is 8.73. The summed E-state index contributed by atoms with van der Waals surface area (Å²) in [6, 6.07) is 10.9. The number of hydrogen-bond donors (Lipinski definition) is 0. The van der Waals surface area contributed by atoms with Crippen molar-refractivity contribution in [3.05, 3.63) is 64.5 Å². The molecule has 1 unspecified atom stereocenters. The molecule has 1 atom stereocenters. The summed E-state index contributed by atoms with van der Waals surface area (Å²) in [7, 11) is 0. The highest BCUT2D eigenvalue weighted by Gasteiger charge is 2.40. The first kappa shape index (κ1) is 30.5. The van der Waals surface area contributed by atoms with Crippen LogP contribution in [0.25, 0.3) is 5.57 Å². The molecule has 1 saturated heterocycles. The largest absolute Gasteiger partial charge is 0.483 e. The van der Waals surface area contributed by atoms with E-state index in [9.17, 15) is 9.18 Å². The van der Waals surface area contributed by atoms with Gasteiger partial charge >= 0.3 is 5.97 Å². The van der Waals surface area contributed by atoms with Crippen molar-refractivity contribution in [1.82, 2.24) is 4.90 Å². The minimum Gasteiger partial charge on any atom is -0.483 e. The van der Waals surface area contributed by atoms with Gasteiger partial charge in [0.1, 0.15) is 22.9 Å². The van der Waals surface area contributed by atoms with E-state index in [1.807, 2.05) is 18.2 Å². The Morgan fingerprint density at radius 3 is 2.52 bits per heavy atom. The molecule has 0 spiro atoms. The van der Waals surface area contributed by atoms with Gasteiger partial charge in [-0.3, -0.25) is 9.69 Å². The molecule has 0 amide bonds. The fraction of sp³-hybridized carbons (Fsp3) is 0.545. The highest BCUT2D eigenvalue weighted by atomic mass is 35.5. The molecular formula is C33H43ClFNO4. The van der Waals surface area contributed by atoms with Gasteiger partial charge in [-0.2, -0.15) is 0 Å². The Bertz CT molecular complexity index is 1240. The molecule has 2 aliphatic heterocycles. The molecule has 3 aliphatic rings.